The highest BCUT2D eigenvalue weighted by atomic mass is 32.1. The molecule has 8 heteroatoms. The Labute approximate surface area is 177 Å². The monoisotopic (exact) mass is 417 g/mol. The number of rotatable bonds is 6. The summed E-state index contributed by atoms with van der Waals surface area (Å²) in [4.78, 5) is 4.49. The number of thiazole rings is 1. The lowest BCUT2D eigenvalue weighted by molar-refractivity contribution is 0.414. The van der Waals surface area contributed by atoms with Gasteiger partial charge in [0.1, 0.15) is 11.5 Å². The summed E-state index contributed by atoms with van der Waals surface area (Å²) < 4.78 is 11.5. The van der Waals surface area contributed by atoms with Crippen LogP contribution in [0, 0.1) is 0 Å². The van der Waals surface area contributed by atoms with Gasteiger partial charge in [0.05, 0.1) is 30.1 Å². The van der Waals surface area contributed by atoms with Crippen LogP contribution in [0.25, 0.3) is 10.2 Å². The number of hydrazone groups is 1. The van der Waals surface area contributed by atoms with Gasteiger partial charge in [-0.25, -0.2) is 4.98 Å². The number of anilines is 1. The van der Waals surface area contributed by atoms with E-state index in [0.29, 0.717) is 11.0 Å². The fourth-order valence-corrected chi connectivity index (χ4v) is 3.45. The van der Waals surface area contributed by atoms with Crippen molar-refractivity contribution in [2.75, 3.05) is 19.6 Å². The highest BCUT2D eigenvalue weighted by Crippen LogP contribution is 2.28. The molecule has 0 amide bonds. The zero-order valence-electron chi connectivity index (χ0n) is 16.4. The number of benzene rings is 3. The number of nitrogens with one attached hydrogen (secondary N) is 1. The van der Waals surface area contributed by atoms with Gasteiger partial charge in [-0.3, -0.25) is 5.43 Å². The normalized spacial score (nSPS) is 11.7. The number of fused-ring (bicyclic) bond motifs is 1. The molecule has 0 aliphatic heterocycles. The first-order valence-electron chi connectivity index (χ1n) is 9.14. The lowest BCUT2D eigenvalue weighted by atomic mass is 10.2. The number of hydrogen-bond donors (Lipinski definition) is 1. The molecular weight excluding hydrogens is 398 g/mol. The van der Waals surface area contributed by atoms with Crippen molar-refractivity contribution in [3.63, 3.8) is 0 Å². The molecule has 4 aromatic rings. The third-order valence-corrected chi connectivity index (χ3v) is 5.16. The quantitative estimate of drug-likeness (QED) is 0.184. The molecule has 0 atom stereocenters. The molecule has 150 valence electrons. The van der Waals surface area contributed by atoms with Crippen LogP contribution in [-0.2, 0) is 0 Å². The summed E-state index contributed by atoms with van der Waals surface area (Å²) >= 11 is 1.48. The van der Waals surface area contributed by atoms with Gasteiger partial charge in [0, 0.05) is 5.56 Å². The van der Waals surface area contributed by atoms with Crippen molar-refractivity contribution >= 4 is 38.2 Å². The van der Waals surface area contributed by atoms with Gasteiger partial charge in [-0.15, -0.1) is 10.2 Å². The van der Waals surface area contributed by atoms with Crippen molar-refractivity contribution in [2.45, 2.75) is 0 Å². The average Bonchev–Trinajstić information content (AvgIpc) is 3.22. The van der Waals surface area contributed by atoms with E-state index in [0.717, 1.165) is 33.0 Å². The zero-order chi connectivity index (χ0) is 20.8. The number of azo groups is 1. The molecule has 0 aliphatic rings. The number of nitrogens with zero attached hydrogens (tertiary/aromatic N) is 4. The van der Waals surface area contributed by atoms with Crippen LogP contribution in [0.2, 0.25) is 0 Å². The Balaban J connectivity index is 1.62. The Morgan fingerprint density at radius 1 is 0.867 bits per heavy atom. The minimum absolute atomic E-state index is 0.424. The SMILES string of the molecule is COc1ccc(N/N=C(\N=Nc2nc3ccccc3s2)c2ccc(OC)cc2)cc1. The van der Waals surface area contributed by atoms with Crippen molar-refractivity contribution in [2.24, 2.45) is 15.3 Å². The van der Waals surface area contributed by atoms with E-state index in [4.69, 9.17) is 9.47 Å². The molecule has 0 bridgehead atoms. The molecule has 0 spiro atoms. The van der Waals surface area contributed by atoms with Gasteiger partial charge >= 0.3 is 0 Å². The van der Waals surface area contributed by atoms with E-state index in [1.807, 2.05) is 72.8 Å². The van der Waals surface area contributed by atoms with Gasteiger partial charge in [0.25, 0.3) is 0 Å². The maximum atomic E-state index is 5.23. The minimum Gasteiger partial charge on any atom is -0.497 e. The lowest BCUT2D eigenvalue weighted by Gasteiger charge is -2.05. The van der Waals surface area contributed by atoms with Crippen molar-refractivity contribution in [1.82, 2.24) is 4.98 Å². The minimum atomic E-state index is 0.424. The van der Waals surface area contributed by atoms with Crippen LogP contribution in [0.5, 0.6) is 11.5 Å². The standard InChI is InChI=1S/C22H19N5O2S/c1-28-17-11-7-15(8-12-17)21(25-24-16-9-13-18(29-2)14-10-16)26-27-22-23-19-5-3-4-6-20(19)30-22/h3-14,24H,1-2H3/b25-21-,27-26?. The van der Waals surface area contributed by atoms with Gasteiger partial charge in [-0.05, 0) is 60.7 Å². The number of hydrogen-bond acceptors (Lipinski definition) is 7. The van der Waals surface area contributed by atoms with Gasteiger partial charge in [-0.1, -0.05) is 23.5 Å². The van der Waals surface area contributed by atoms with Crippen LogP contribution in [0.4, 0.5) is 10.8 Å². The molecule has 0 saturated heterocycles. The number of amidine groups is 1. The molecular formula is C22H19N5O2S. The fraction of sp³-hybridized carbons (Fsp3) is 0.0909. The first kappa shape index (κ1) is 19.5. The second-order valence-electron chi connectivity index (χ2n) is 6.17. The molecule has 3 aromatic carbocycles. The lowest BCUT2D eigenvalue weighted by Crippen LogP contribution is -2.01. The summed E-state index contributed by atoms with van der Waals surface area (Å²) in [6.07, 6.45) is 0. The van der Waals surface area contributed by atoms with E-state index in [-0.39, 0.29) is 0 Å². The van der Waals surface area contributed by atoms with Crippen LogP contribution in [0.1, 0.15) is 5.56 Å². The van der Waals surface area contributed by atoms with Crippen LogP contribution < -0.4 is 14.9 Å². The van der Waals surface area contributed by atoms with Crippen LogP contribution in [0.3, 0.4) is 0 Å². The van der Waals surface area contributed by atoms with Crippen LogP contribution >= 0.6 is 11.3 Å². The van der Waals surface area contributed by atoms with Gasteiger partial charge in [-0.2, -0.15) is 5.10 Å². The summed E-state index contributed by atoms with van der Waals surface area (Å²) in [7, 11) is 3.26. The van der Waals surface area contributed by atoms with E-state index in [9.17, 15) is 0 Å². The van der Waals surface area contributed by atoms with Gasteiger partial charge < -0.3 is 9.47 Å². The Hall–Kier alpha value is -3.78. The molecule has 1 aromatic heterocycles. The highest BCUT2D eigenvalue weighted by Gasteiger charge is 2.06. The third-order valence-electron chi connectivity index (χ3n) is 4.24. The summed E-state index contributed by atoms with van der Waals surface area (Å²) in [5, 5.41) is 13.7. The van der Waals surface area contributed by atoms with Crippen molar-refractivity contribution in [3.05, 3.63) is 78.4 Å². The predicted molar refractivity (Wildman–Crippen MR) is 120 cm³/mol. The topological polar surface area (TPSA) is 80.5 Å². The Morgan fingerprint density at radius 2 is 1.53 bits per heavy atom. The Kier molecular flexibility index (Phi) is 5.95. The van der Waals surface area contributed by atoms with E-state index in [1.165, 1.54) is 11.3 Å². The number of aromatic nitrogens is 1. The molecule has 0 radical (unpaired) electrons. The fourth-order valence-electron chi connectivity index (χ4n) is 2.66. The molecule has 0 saturated carbocycles. The van der Waals surface area contributed by atoms with Crippen LogP contribution in [-0.4, -0.2) is 25.0 Å². The maximum absolute atomic E-state index is 5.23. The molecule has 30 heavy (non-hydrogen) atoms. The predicted octanol–water partition coefficient (Wildman–Crippen LogP) is 5.87. The zero-order valence-corrected chi connectivity index (χ0v) is 17.3. The van der Waals surface area contributed by atoms with E-state index in [1.54, 1.807) is 14.2 Å². The third kappa shape index (κ3) is 4.61. The van der Waals surface area contributed by atoms with Crippen molar-refractivity contribution < 1.29 is 9.47 Å². The summed E-state index contributed by atoms with van der Waals surface area (Å²) in [6.45, 7) is 0. The molecule has 1 N–H and O–H groups in total. The molecule has 0 unspecified atom stereocenters. The summed E-state index contributed by atoms with van der Waals surface area (Å²) in [5.41, 5.74) is 5.51. The van der Waals surface area contributed by atoms with Crippen molar-refractivity contribution in [3.8, 4) is 11.5 Å². The molecule has 0 aliphatic carbocycles. The van der Waals surface area contributed by atoms with Gasteiger partial charge in [0.15, 0.2) is 0 Å². The molecule has 4 rings (SSSR count). The number of methoxy groups -OCH3 is 2. The van der Waals surface area contributed by atoms with E-state index in [2.05, 4.69) is 25.7 Å². The first-order valence-corrected chi connectivity index (χ1v) is 9.96. The van der Waals surface area contributed by atoms with Crippen molar-refractivity contribution in [1.29, 1.82) is 0 Å². The second kappa shape index (κ2) is 9.15. The maximum Gasteiger partial charge on any atom is 0.231 e. The van der Waals surface area contributed by atoms with E-state index >= 15 is 0 Å². The second-order valence-corrected chi connectivity index (χ2v) is 7.18. The highest BCUT2D eigenvalue weighted by molar-refractivity contribution is 7.21. The number of ether oxygens (including phenoxy) is 2. The Bertz CT molecular complexity index is 1150. The van der Waals surface area contributed by atoms with Gasteiger partial charge in [0.2, 0.25) is 11.0 Å². The average molecular weight is 417 g/mol. The Morgan fingerprint density at radius 3 is 2.20 bits per heavy atom. The van der Waals surface area contributed by atoms with E-state index < -0.39 is 0 Å². The van der Waals surface area contributed by atoms with Crippen LogP contribution in [0.15, 0.2) is 88.1 Å². The number of para-hydroxylation sites is 1. The largest absolute Gasteiger partial charge is 0.497 e. The molecule has 7 nitrogen and oxygen atoms in total. The summed E-state index contributed by atoms with van der Waals surface area (Å²) in [6, 6.07) is 22.8. The molecule has 0 fully saturated rings. The molecule has 1 heterocycles. The summed E-state index contributed by atoms with van der Waals surface area (Å²) in [5.74, 6) is 1.95. The smallest absolute Gasteiger partial charge is 0.231 e. The first-order chi connectivity index (χ1) is 14.7.